The maximum absolute atomic E-state index is 10.6. The topological polar surface area (TPSA) is 104 Å². The van der Waals surface area contributed by atoms with Gasteiger partial charge in [-0.2, -0.15) is 0 Å². The minimum Gasteiger partial charge on any atom is -0.481 e. The Kier molecular flexibility index (Phi) is 2.72. The second-order valence-corrected chi connectivity index (χ2v) is 3.22. The van der Waals surface area contributed by atoms with E-state index in [2.05, 4.69) is 0 Å². The Balaban J connectivity index is 2.62. The summed E-state index contributed by atoms with van der Waals surface area (Å²) in [6.07, 6.45) is -0.763. The summed E-state index contributed by atoms with van der Waals surface area (Å²) in [4.78, 5) is 22.2. The van der Waals surface area contributed by atoms with Crippen LogP contribution in [-0.4, -0.2) is 46.3 Å². The van der Waals surface area contributed by atoms with E-state index in [0.717, 1.165) is 4.90 Å². The number of carboxylic acid groups (broad SMARTS) is 2. The van der Waals surface area contributed by atoms with Crippen LogP contribution in [0.4, 0.5) is 4.79 Å². The molecule has 1 rings (SSSR count). The monoisotopic (exact) mass is 188 g/mol. The summed E-state index contributed by atoms with van der Waals surface area (Å²) in [5.41, 5.74) is 5.52. The van der Waals surface area contributed by atoms with Crippen molar-refractivity contribution in [1.29, 1.82) is 0 Å². The molecule has 4 N–H and O–H groups in total. The maximum Gasteiger partial charge on any atom is 0.407 e. The minimum atomic E-state index is -1.11. The third-order valence-electron chi connectivity index (χ3n) is 2.10. The first kappa shape index (κ1) is 9.79. The number of rotatable bonds is 1. The second-order valence-electron chi connectivity index (χ2n) is 3.22. The SMILES string of the molecule is N[C@H]1C[C@@H](C(=O)O)CN(C(=O)O)C1. The summed E-state index contributed by atoms with van der Waals surface area (Å²) < 4.78 is 0. The van der Waals surface area contributed by atoms with Gasteiger partial charge in [-0.1, -0.05) is 0 Å². The van der Waals surface area contributed by atoms with Crippen LogP contribution < -0.4 is 5.73 Å². The summed E-state index contributed by atoms with van der Waals surface area (Å²) in [7, 11) is 0. The van der Waals surface area contributed by atoms with E-state index in [4.69, 9.17) is 15.9 Å². The van der Waals surface area contributed by atoms with Crippen LogP contribution in [-0.2, 0) is 4.79 Å². The Hall–Kier alpha value is -1.30. The standard InChI is InChI=1S/C7H12N2O4/c8-5-1-4(6(10)11)2-9(3-5)7(12)13/h4-5H,1-3,8H2,(H,10,11)(H,12,13)/t4-,5+/m1/s1. The molecule has 1 aliphatic heterocycles. The van der Waals surface area contributed by atoms with Crippen molar-refractivity contribution in [2.75, 3.05) is 13.1 Å². The highest BCUT2D eigenvalue weighted by molar-refractivity contribution is 5.72. The predicted octanol–water partition coefficient (Wildman–Crippen LogP) is -0.602. The highest BCUT2D eigenvalue weighted by atomic mass is 16.4. The van der Waals surface area contributed by atoms with Gasteiger partial charge in [0.05, 0.1) is 5.92 Å². The Morgan fingerprint density at radius 3 is 2.38 bits per heavy atom. The molecule has 74 valence electrons. The van der Waals surface area contributed by atoms with Gasteiger partial charge in [-0.05, 0) is 6.42 Å². The van der Waals surface area contributed by atoms with Crippen LogP contribution in [0.15, 0.2) is 0 Å². The van der Waals surface area contributed by atoms with E-state index in [-0.39, 0.29) is 19.1 Å². The van der Waals surface area contributed by atoms with Crippen molar-refractivity contribution in [3.05, 3.63) is 0 Å². The zero-order valence-electron chi connectivity index (χ0n) is 7.01. The van der Waals surface area contributed by atoms with E-state index < -0.39 is 18.0 Å². The third kappa shape index (κ3) is 2.32. The van der Waals surface area contributed by atoms with Crippen LogP contribution in [0.1, 0.15) is 6.42 Å². The summed E-state index contributed by atoms with van der Waals surface area (Å²) >= 11 is 0. The number of hydrogen-bond donors (Lipinski definition) is 3. The Bertz CT molecular complexity index is 209. The Labute approximate surface area is 74.9 Å². The molecule has 1 fully saturated rings. The molecule has 0 radical (unpaired) electrons. The number of hydrogen-bond acceptors (Lipinski definition) is 3. The average Bonchev–Trinajstić information content (AvgIpc) is 2.03. The molecule has 0 saturated carbocycles. The van der Waals surface area contributed by atoms with Crippen molar-refractivity contribution in [2.24, 2.45) is 11.7 Å². The van der Waals surface area contributed by atoms with Crippen LogP contribution in [0.25, 0.3) is 0 Å². The van der Waals surface area contributed by atoms with Gasteiger partial charge in [-0.25, -0.2) is 4.79 Å². The van der Waals surface area contributed by atoms with Crippen molar-refractivity contribution >= 4 is 12.1 Å². The van der Waals surface area contributed by atoms with Gasteiger partial charge in [0.15, 0.2) is 0 Å². The third-order valence-corrected chi connectivity index (χ3v) is 2.10. The highest BCUT2D eigenvalue weighted by Gasteiger charge is 2.31. The van der Waals surface area contributed by atoms with Crippen LogP contribution in [0, 0.1) is 5.92 Å². The van der Waals surface area contributed by atoms with Crippen molar-refractivity contribution in [3.8, 4) is 0 Å². The molecule has 0 unspecified atom stereocenters. The van der Waals surface area contributed by atoms with Gasteiger partial charge in [-0.15, -0.1) is 0 Å². The molecule has 1 amide bonds. The van der Waals surface area contributed by atoms with Gasteiger partial charge in [0.1, 0.15) is 0 Å². The molecule has 2 atom stereocenters. The molecule has 1 heterocycles. The van der Waals surface area contributed by atoms with Crippen molar-refractivity contribution in [3.63, 3.8) is 0 Å². The van der Waals surface area contributed by atoms with E-state index in [9.17, 15) is 9.59 Å². The maximum atomic E-state index is 10.6. The van der Waals surface area contributed by atoms with Crippen LogP contribution in [0.5, 0.6) is 0 Å². The lowest BCUT2D eigenvalue weighted by atomic mass is 9.95. The number of piperidine rings is 1. The first-order chi connectivity index (χ1) is 6.00. The summed E-state index contributed by atoms with van der Waals surface area (Å²) in [6, 6.07) is -0.369. The number of nitrogens with zero attached hydrogens (tertiary/aromatic N) is 1. The largest absolute Gasteiger partial charge is 0.481 e. The fourth-order valence-electron chi connectivity index (χ4n) is 1.47. The molecule has 6 nitrogen and oxygen atoms in total. The second kappa shape index (κ2) is 3.61. The van der Waals surface area contributed by atoms with Crippen molar-refractivity contribution < 1.29 is 19.8 Å². The fourth-order valence-corrected chi connectivity index (χ4v) is 1.47. The van der Waals surface area contributed by atoms with E-state index in [1.165, 1.54) is 0 Å². The molecule has 0 aliphatic carbocycles. The van der Waals surface area contributed by atoms with Gasteiger partial charge in [0.2, 0.25) is 0 Å². The lowest BCUT2D eigenvalue weighted by Crippen LogP contribution is -2.50. The molecular weight excluding hydrogens is 176 g/mol. The van der Waals surface area contributed by atoms with Crippen LogP contribution >= 0.6 is 0 Å². The Morgan fingerprint density at radius 2 is 1.92 bits per heavy atom. The predicted molar refractivity (Wildman–Crippen MR) is 43.3 cm³/mol. The first-order valence-corrected chi connectivity index (χ1v) is 3.97. The van der Waals surface area contributed by atoms with E-state index >= 15 is 0 Å². The van der Waals surface area contributed by atoms with Gasteiger partial charge in [0, 0.05) is 19.1 Å². The van der Waals surface area contributed by atoms with Gasteiger partial charge in [-0.3, -0.25) is 4.79 Å². The zero-order valence-corrected chi connectivity index (χ0v) is 7.01. The van der Waals surface area contributed by atoms with Gasteiger partial charge >= 0.3 is 12.1 Å². The summed E-state index contributed by atoms with van der Waals surface area (Å²) in [5.74, 6) is -1.65. The number of nitrogens with two attached hydrogens (primary N) is 1. The van der Waals surface area contributed by atoms with Crippen LogP contribution in [0.3, 0.4) is 0 Å². The molecular formula is C7H12N2O4. The highest BCUT2D eigenvalue weighted by Crippen LogP contribution is 2.15. The van der Waals surface area contributed by atoms with Gasteiger partial charge in [0.25, 0.3) is 0 Å². The number of amides is 1. The molecule has 0 aromatic heterocycles. The van der Waals surface area contributed by atoms with Crippen molar-refractivity contribution in [2.45, 2.75) is 12.5 Å². The number of likely N-dealkylation sites (tertiary alicyclic amines) is 1. The van der Waals surface area contributed by atoms with E-state index in [0.29, 0.717) is 6.42 Å². The molecule has 0 spiro atoms. The number of carboxylic acids is 1. The summed E-state index contributed by atoms with van der Waals surface area (Å²) in [5, 5.41) is 17.3. The van der Waals surface area contributed by atoms with Gasteiger partial charge < -0.3 is 20.8 Å². The molecule has 1 saturated heterocycles. The smallest absolute Gasteiger partial charge is 0.407 e. The molecule has 0 bridgehead atoms. The number of aliphatic carboxylic acids is 1. The van der Waals surface area contributed by atoms with Crippen molar-refractivity contribution in [1.82, 2.24) is 4.90 Å². The molecule has 6 heteroatoms. The Morgan fingerprint density at radius 1 is 1.31 bits per heavy atom. The lowest BCUT2D eigenvalue weighted by molar-refractivity contribution is -0.143. The summed E-state index contributed by atoms with van der Waals surface area (Å²) in [6.45, 7) is 0.261. The van der Waals surface area contributed by atoms with E-state index in [1.54, 1.807) is 0 Å². The molecule has 0 aromatic rings. The molecule has 13 heavy (non-hydrogen) atoms. The average molecular weight is 188 g/mol. The number of carbonyl (C=O) groups is 2. The van der Waals surface area contributed by atoms with Crippen LogP contribution in [0.2, 0.25) is 0 Å². The molecule has 1 aliphatic rings. The first-order valence-electron chi connectivity index (χ1n) is 3.97. The van der Waals surface area contributed by atoms with E-state index in [1.807, 2.05) is 0 Å². The zero-order chi connectivity index (χ0) is 10.0. The minimum absolute atomic E-state index is 0.0400. The lowest BCUT2D eigenvalue weighted by Gasteiger charge is -2.32. The normalized spacial score (nSPS) is 28.5. The quantitative estimate of drug-likeness (QED) is 0.509. The fraction of sp³-hybridized carbons (Fsp3) is 0.714. The molecule has 0 aromatic carbocycles.